The van der Waals surface area contributed by atoms with Gasteiger partial charge in [-0.15, -0.1) is 24.3 Å². The molecule has 3 aromatic rings. The summed E-state index contributed by atoms with van der Waals surface area (Å²) in [6, 6.07) is 25.7. The van der Waals surface area contributed by atoms with Crippen LogP contribution in [0.3, 0.4) is 0 Å². The third-order valence-electron chi connectivity index (χ3n) is 6.85. The van der Waals surface area contributed by atoms with Crippen molar-refractivity contribution in [2.45, 2.75) is 40.5 Å². The summed E-state index contributed by atoms with van der Waals surface area (Å²) in [5.41, 5.74) is 4.54. The number of rotatable bonds is 1. The largest absolute Gasteiger partial charge is 3.00 e. The SMILES string of the molecule is Cc1ccc(O)c(C2C(C)C(C)C(C)C2C)c1.[CH2-]c1ccccc1.[CH2-]c1ccccc1.[CH3-].[Ti+3]. The molecule has 4 atom stereocenters. The first-order valence-electron chi connectivity index (χ1n) is 11.3. The monoisotopic (exact) mass is 477 g/mol. The van der Waals surface area contributed by atoms with Gasteiger partial charge in [-0.25, -0.2) is 0 Å². The Balaban J connectivity index is 0.000000532. The van der Waals surface area contributed by atoms with Crippen LogP contribution < -0.4 is 0 Å². The molecule has 3 aromatic carbocycles. The predicted octanol–water partition coefficient (Wildman–Crippen LogP) is 8.53. The standard InChI is InChI=1S/C16H24O.2C7H7.CH3.Ti/c1-9-6-7-15(17)14(8-9)16-12(4)10(2)11(3)13(16)5;2*1-7-5-3-2-4-6-7;;/h6-8,10-13,16-17H,1-5H3;2*2-6H,1H2;1H3;/q;3*-1;+3. The summed E-state index contributed by atoms with van der Waals surface area (Å²) in [4.78, 5) is 0. The quantitative estimate of drug-likeness (QED) is 0.275. The minimum atomic E-state index is 0. The van der Waals surface area contributed by atoms with E-state index in [1.165, 1.54) is 5.56 Å². The predicted molar refractivity (Wildman–Crippen MR) is 140 cm³/mol. The number of hydrogen-bond acceptors (Lipinski definition) is 1. The molecule has 1 nitrogen and oxygen atoms in total. The molecule has 1 N–H and O–H groups in total. The Morgan fingerprint density at radius 3 is 1.36 bits per heavy atom. The van der Waals surface area contributed by atoms with E-state index in [1.54, 1.807) is 0 Å². The molecule has 0 aliphatic heterocycles. The molecule has 175 valence electrons. The second-order valence-corrected chi connectivity index (χ2v) is 9.00. The van der Waals surface area contributed by atoms with Crippen LogP contribution in [0.15, 0.2) is 78.9 Å². The van der Waals surface area contributed by atoms with E-state index in [2.05, 4.69) is 54.5 Å². The molecule has 0 aromatic heterocycles. The van der Waals surface area contributed by atoms with Gasteiger partial charge in [0.2, 0.25) is 0 Å². The Morgan fingerprint density at radius 2 is 1.03 bits per heavy atom. The van der Waals surface area contributed by atoms with Crippen LogP contribution in [0, 0.1) is 51.9 Å². The molecule has 1 radical (unpaired) electrons. The molecule has 33 heavy (non-hydrogen) atoms. The molecule has 0 amide bonds. The molecule has 4 unspecified atom stereocenters. The minimum absolute atomic E-state index is 0. The first-order valence-corrected chi connectivity index (χ1v) is 11.3. The van der Waals surface area contributed by atoms with E-state index in [4.69, 9.17) is 0 Å². The topological polar surface area (TPSA) is 20.2 Å². The van der Waals surface area contributed by atoms with E-state index in [-0.39, 0.29) is 29.1 Å². The van der Waals surface area contributed by atoms with Crippen molar-refractivity contribution in [2.75, 3.05) is 0 Å². The van der Waals surface area contributed by atoms with Gasteiger partial charge in [0.05, 0.1) is 0 Å². The number of aryl methyl sites for hydroxylation is 1. The molecule has 1 fully saturated rings. The van der Waals surface area contributed by atoms with Crippen molar-refractivity contribution in [1.82, 2.24) is 0 Å². The van der Waals surface area contributed by atoms with Crippen molar-refractivity contribution in [1.29, 1.82) is 0 Å². The van der Waals surface area contributed by atoms with Crippen molar-refractivity contribution in [3.63, 3.8) is 0 Å². The molecular formula is C31H41OTi. The Hall–Kier alpha value is -2.09. The third-order valence-corrected chi connectivity index (χ3v) is 6.85. The first kappa shape index (κ1) is 30.9. The normalized spacial score (nSPS) is 22.9. The van der Waals surface area contributed by atoms with Gasteiger partial charge in [0, 0.05) is 0 Å². The third kappa shape index (κ3) is 8.99. The average molecular weight is 478 g/mol. The van der Waals surface area contributed by atoms with Crippen LogP contribution in [-0.4, -0.2) is 5.11 Å². The number of phenols is 1. The van der Waals surface area contributed by atoms with E-state index >= 15 is 0 Å². The van der Waals surface area contributed by atoms with Crippen LogP contribution in [-0.2, 0) is 21.7 Å². The second kappa shape index (κ2) is 14.9. The summed E-state index contributed by atoms with van der Waals surface area (Å²) < 4.78 is 0. The van der Waals surface area contributed by atoms with Crippen molar-refractivity contribution in [3.8, 4) is 5.75 Å². The van der Waals surface area contributed by atoms with E-state index in [0.29, 0.717) is 23.5 Å². The summed E-state index contributed by atoms with van der Waals surface area (Å²) in [6.45, 7) is 18.9. The van der Waals surface area contributed by atoms with Gasteiger partial charge in [0.15, 0.2) is 0 Å². The number of benzene rings is 3. The molecule has 0 bridgehead atoms. The number of aromatic hydroxyl groups is 1. The zero-order valence-corrected chi connectivity index (χ0v) is 22.8. The fourth-order valence-corrected chi connectivity index (χ4v) is 4.55. The van der Waals surface area contributed by atoms with Crippen molar-refractivity contribution >= 4 is 0 Å². The summed E-state index contributed by atoms with van der Waals surface area (Å²) in [7, 11) is 0. The van der Waals surface area contributed by atoms with Crippen molar-refractivity contribution < 1.29 is 26.8 Å². The number of phenolic OH excluding ortho intramolecular Hbond substituents is 1. The van der Waals surface area contributed by atoms with Gasteiger partial charge in [0.25, 0.3) is 0 Å². The van der Waals surface area contributed by atoms with E-state index in [1.807, 2.05) is 72.8 Å². The molecular weight excluding hydrogens is 436 g/mol. The molecule has 0 spiro atoms. The van der Waals surface area contributed by atoms with Crippen LogP contribution in [0.25, 0.3) is 0 Å². The van der Waals surface area contributed by atoms with Crippen LogP contribution in [0.2, 0.25) is 0 Å². The van der Waals surface area contributed by atoms with E-state index in [9.17, 15) is 5.11 Å². The van der Waals surface area contributed by atoms with Crippen molar-refractivity contribution in [2.24, 2.45) is 23.7 Å². The minimum Gasteiger partial charge on any atom is -0.508 e. The van der Waals surface area contributed by atoms with Crippen LogP contribution in [0.1, 0.15) is 55.9 Å². The summed E-state index contributed by atoms with van der Waals surface area (Å²) in [6.07, 6.45) is 0. The molecule has 0 saturated heterocycles. The zero-order chi connectivity index (χ0) is 23.0. The van der Waals surface area contributed by atoms with E-state index in [0.717, 1.165) is 28.5 Å². The van der Waals surface area contributed by atoms with E-state index < -0.39 is 0 Å². The summed E-state index contributed by atoms with van der Waals surface area (Å²) in [5, 5.41) is 10.1. The van der Waals surface area contributed by atoms with Gasteiger partial charge >= 0.3 is 21.7 Å². The fraction of sp³-hybridized carbons (Fsp3) is 0.323. The van der Waals surface area contributed by atoms with Gasteiger partial charge < -0.3 is 12.5 Å². The maximum atomic E-state index is 10.1. The summed E-state index contributed by atoms with van der Waals surface area (Å²) in [5.74, 6) is 3.73. The molecule has 1 saturated carbocycles. The summed E-state index contributed by atoms with van der Waals surface area (Å²) >= 11 is 0. The maximum absolute atomic E-state index is 10.1. The van der Waals surface area contributed by atoms with Crippen molar-refractivity contribution in [3.05, 3.63) is 122 Å². The first-order chi connectivity index (χ1) is 14.7. The Bertz CT molecular complexity index is 855. The van der Waals surface area contributed by atoms with Gasteiger partial charge in [-0.3, -0.25) is 0 Å². The Labute approximate surface area is 218 Å². The average Bonchev–Trinajstić information content (AvgIpc) is 2.95. The number of hydrogen-bond donors (Lipinski definition) is 1. The molecule has 0 heterocycles. The van der Waals surface area contributed by atoms with Gasteiger partial charge in [-0.1, -0.05) is 57.5 Å². The van der Waals surface area contributed by atoms with Crippen LogP contribution in [0.5, 0.6) is 5.75 Å². The molecule has 2 heteroatoms. The molecule has 1 aliphatic carbocycles. The Morgan fingerprint density at radius 1 is 0.636 bits per heavy atom. The van der Waals surface area contributed by atoms with Crippen LogP contribution in [0.4, 0.5) is 0 Å². The smallest absolute Gasteiger partial charge is 0.508 e. The second-order valence-electron chi connectivity index (χ2n) is 9.00. The van der Waals surface area contributed by atoms with Gasteiger partial charge in [0.1, 0.15) is 5.75 Å². The van der Waals surface area contributed by atoms with Gasteiger partial charge in [-0.2, -0.15) is 49.2 Å². The maximum Gasteiger partial charge on any atom is 3.00 e. The fourth-order valence-electron chi connectivity index (χ4n) is 4.55. The van der Waals surface area contributed by atoms with Gasteiger partial charge in [-0.05, 0) is 48.1 Å². The zero-order valence-electron chi connectivity index (χ0n) is 21.3. The molecule has 4 rings (SSSR count). The Kier molecular flexibility index (Phi) is 14.0. The molecule has 1 aliphatic rings. The van der Waals surface area contributed by atoms with Crippen LogP contribution >= 0.6 is 0 Å².